The van der Waals surface area contributed by atoms with Crippen LogP contribution in [0.3, 0.4) is 0 Å². The van der Waals surface area contributed by atoms with Crippen molar-refractivity contribution in [3.05, 3.63) is 53.0 Å². The summed E-state index contributed by atoms with van der Waals surface area (Å²) in [6, 6.07) is 11.1. The molecule has 0 aliphatic carbocycles. The number of nitrogens with zero attached hydrogens (tertiary/aromatic N) is 1. The van der Waals surface area contributed by atoms with Gasteiger partial charge >= 0.3 is 6.18 Å². The maximum absolute atomic E-state index is 12.7. The highest BCUT2D eigenvalue weighted by atomic mass is 32.2. The number of benzene rings is 2. The van der Waals surface area contributed by atoms with Crippen molar-refractivity contribution in [3.63, 3.8) is 0 Å². The fourth-order valence-electron chi connectivity index (χ4n) is 1.92. The summed E-state index contributed by atoms with van der Waals surface area (Å²) in [4.78, 5) is 5.34. The van der Waals surface area contributed by atoms with Crippen molar-refractivity contribution in [2.24, 2.45) is 0 Å². The Balaban J connectivity index is 1.78. The first kappa shape index (κ1) is 15.2. The third kappa shape index (κ3) is 3.36. The Morgan fingerprint density at radius 2 is 1.82 bits per heavy atom. The Bertz CT molecular complexity index is 795. The molecule has 0 atom stereocenters. The lowest BCUT2D eigenvalue weighted by Gasteiger charge is -2.04. The van der Waals surface area contributed by atoms with Crippen LogP contribution < -0.4 is 5.73 Å². The third-order valence-corrected chi connectivity index (χ3v) is 5.24. The van der Waals surface area contributed by atoms with Gasteiger partial charge in [-0.1, -0.05) is 0 Å². The number of nitrogens with two attached hydrogens (primary N) is 1. The number of halogens is 3. The number of rotatable bonds is 3. The van der Waals surface area contributed by atoms with Gasteiger partial charge in [-0.3, -0.25) is 0 Å². The molecule has 0 radical (unpaired) electrons. The van der Waals surface area contributed by atoms with E-state index in [1.54, 1.807) is 11.8 Å². The molecule has 2 nitrogen and oxygen atoms in total. The van der Waals surface area contributed by atoms with Crippen molar-refractivity contribution in [2.75, 3.05) is 5.73 Å². The lowest BCUT2D eigenvalue weighted by atomic mass is 10.2. The average molecular weight is 340 g/mol. The van der Waals surface area contributed by atoms with E-state index in [1.807, 2.05) is 24.3 Å². The summed E-state index contributed by atoms with van der Waals surface area (Å²) < 4.78 is 38.8. The molecule has 0 aliphatic heterocycles. The van der Waals surface area contributed by atoms with E-state index in [1.165, 1.54) is 17.4 Å². The Morgan fingerprint density at radius 3 is 2.50 bits per heavy atom. The molecule has 3 aromatic rings. The number of alkyl halides is 3. The van der Waals surface area contributed by atoms with Crippen molar-refractivity contribution in [3.8, 4) is 0 Å². The van der Waals surface area contributed by atoms with Gasteiger partial charge in [0.15, 0.2) is 0 Å². The van der Waals surface area contributed by atoms with E-state index in [2.05, 4.69) is 4.98 Å². The van der Waals surface area contributed by atoms with Crippen LogP contribution >= 0.6 is 23.1 Å². The van der Waals surface area contributed by atoms with Crippen LogP contribution in [0, 0.1) is 0 Å². The maximum atomic E-state index is 12.7. The van der Waals surface area contributed by atoms with Crippen LogP contribution in [0.5, 0.6) is 0 Å². The van der Waals surface area contributed by atoms with Crippen LogP contribution in [0.1, 0.15) is 10.6 Å². The van der Waals surface area contributed by atoms with Gasteiger partial charge in [0.2, 0.25) is 0 Å². The van der Waals surface area contributed by atoms with Gasteiger partial charge in [-0.05, 0) is 42.5 Å². The van der Waals surface area contributed by atoms with Crippen LogP contribution in [0.4, 0.5) is 18.9 Å². The molecule has 7 heteroatoms. The Labute approximate surface area is 133 Å². The molecule has 0 amide bonds. The summed E-state index contributed by atoms with van der Waals surface area (Å²) in [5.41, 5.74) is 6.05. The summed E-state index contributed by atoms with van der Waals surface area (Å²) >= 11 is 2.99. The largest absolute Gasteiger partial charge is 0.416 e. The quantitative estimate of drug-likeness (QED) is 0.527. The van der Waals surface area contributed by atoms with Gasteiger partial charge < -0.3 is 5.73 Å². The molecular formula is C15H11F3N2S2. The zero-order chi connectivity index (χ0) is 15.7. The lowest BCUT2D eigenvalue weighted by Crippen LogP contribution is -2.03. The SMILES string of the molecule is Nc1ccc(SCc2nc3cc(C(F)(F)F)ccc3s2)cc1. The van der Waals surface area contributed by atoms with Crippen LogP contribution in [-0.4, -0.2) is 4.98 Å². The van der Waals surface area contributed by atoms with Crippen LogP contribution in [0.15, 0.2) is 47.4 Å². The predicted molar refractivity (Wildman–Crippen MR) is 85.0 cm³/mol. The summed E-state index contributed by atoms with van der Waals surface area (Å²) in [6.45, 7) is 0. The summed E-state index contributed by atoms with van der Waals surface area (Å²) in [7, 11) is 0. The second-order valence-corrected chi connectivity index (χ2v) is 6.81. The second kappa shape index (κ2) is 5.81. The van der Waals surface area contributed by atoms with Gasteiger partial charge in [-0.2, -0.15) is 13.2 Å². The van der Waals surface area contributed by atoms with E-state index in [0.29, 0.717) is 17.0 Å². The Hall–Kier alpha value is -1.73. The highest BCUT2D eigenvalue weighted by Gasteiger charge is 2.30. The lowest BCUT2D eigenvalue weighted by molar-refractivity contribution is -0.137. The molecule has 0 unspecified atom stereocenters. The molecule has 1 heterocycles. The molecule has 0 spiro atoms. The Morgan fingerprint density at radius 1 is 1.09 bits per heavy atom. The molecule has 114 valence electrons. The molecule has 0 bridgehead atoms. The number of aromatic nitrogens is 1. The number of hydrogen-bond donors (Lipinski definition) is 1. The summed E-state index contributed by atoms with van der Waals surface area (Å²) in [5, 5.41) is 0.802. The van der Waals surface area contributed by atoms with Crippen molar-refractivity contribution in [1.82, 2.24) is 4.98 Å². The Kier molecular flexibility index (Phi) is 4.01. The minimum Gasteiger partial charge on any atom is -0.399 e. The molecule has 2 aromatic carbocycles. The summed E-state index contributed by atoms with van der Waals surface area (Å²) in [5.74, 6) is 0.616. The van der Waals surface area contributed by atoms with Gasteiger partial charge in [0.05, 0.1) is 21.5 Å². The maximum Gasteiger partial charge on any atom is 0.416 e. The highest BCUT2D eigenvalue weighted by Crippen LogP contribution is 2.34. The van der Waals surface area contributed by atoms with Gasteiger partial charge in [0.25, 0.3) is 0 Å². The topological polar surface area (TPSA) is 38.9 Å². The van der Waals surface area contributed by atoms with E-state index in [-0.39, 0.29) is 0 Å². The molecule has 22 heavy (non-hydrogen) atoms. The number of fused-ring (bicyclic) bond motifs is 1. The molecule has 3 rings (SSSR count). The van der Waals surface area contributed by atoms with Crippen molar-refractivity contribution >= 4 is 39.0 Å². The minimum absolute atomic E-state index is 0.396. The number of anilines is 1. The molecule has 0 aliphatic rings. The van der Waals surface area contributed by atoms with Gasteiger partial charge in [-0.15, -0.1) is 23.1 Å². The normalized spacial score (nSPS) is 12.0. The van der Waals surface area contributed by atoms with Crippen molar-refractivity contribution in [2.45, 2.75) is 16.8 Å². The highest BCUT2D eigenvalue weighted by molar-refractivity contribution is 7.98. The molecular weight excluding hydrogens is 329 g/mol. The summed E-state index contributed by atoms with van der Waals surface area (Å²) in [6.07, 6.45) is -4.34. The van der Waals surface area contributed by atoms with E-state index in [4.69, 9.17) is 5.73 Å². The van der Waals surface area contributed by atoms with Crippen molar-refractivity contribution < 1.29 is 13.2 Å². The van der Waals surface area contributed by atoms with Crippen LogP contribution in [0.25, 0.3) is 10.2 Å². The van der Waals surface area contributed by atoms with E-state index >= 15 is 0 Å². The van der Waals surface area contributed by atoms with Crippen molar-refractivity contribution in [1.29, 1.82) is 0 Å². The van der Waals surface area contributed by atoms with Gasteiger partial charge in [0, 0.05) is 10.6 Å². The van der Waals surface area contributed by atoms with E-state index in [0.717, 1.165) is 26.7 Å². The molecule has 0 saturated heterocycles. The zero-order valence-corrected chi connectivity index (χ0v) is 12.9. The van der Waals surface area contributed by atoms with Crippen LogP contribution in [-0.2, 0) is 11.9 Å². The fourth-order valence-corrected chi connectivity index (χ4v) is 3.76. The molecule has 0 fully saturated rings. The molecule has 1 aromatic heterocycles. The van der Waals surface area contributed by atoms with E-state index in [9.17, 15) is 13.2 Å². The first-order valence-electron chi connectivity index (χ1n) is 6.37. The van der Waals surface area contributed by atoms with E-state index < -0.39 is 11.7 Å². The smallest absolute Gasteiger partial charge is 0.399 e. The van der Waals surface area contributed by atoms with Gasteiger partial charge in [-0.25, -0.2) is 4.98 Å². The third-order valence-electron chi connectivity index (χ3n) is 3.00. The second-order valence-electron chi connectivity index (χ2n) is 4.65. The first-order valence-corrected chi connectivity index (χ1v) is 8.17. The number of thiazole rings is 1. The first-order chi connectivity index (χ1) is 10.4. The van der Waals surface area contributed by atoms with Crippen LogP contribution in [0.2, 0.25) is 0 Å². The predicted octanol–water partition coefficient (Wildman–Crippen LogP) is 5.19. The number of hydrogen-bond acceptors (Lipinski definition) is 4. The molecule has 0 saturated carbocycles. The average Bonchev–Trinajstić information content (AvgIpc) is 2.87. The monoisotopic (exact) mass is 340 g/mol. The molecule has 2 N–H and O–H groups in total. The minimum atomic E-state index is -4.34. The standard InChI is InChI=1S/C15H11F3N2S2/c16-15(17,18)9-1-6-13-12(7-9)20-14(22-13)8-21-11-4-2-10(19)3-5-11/h1-7H,8,19H2. The number of nitrogen functional groups attached to an aromatic ring is 1. The number of thioether (sulfide) groups is 1. The fraction of sp³-hybridized carbons (Fsp3) is 0.133. The van der Waals surface area contributed by atoms with Gasteiger partial charge in [0.1, 0.15) is 5.01 Å². The zero-order valence-electron chi connectivity index (χ0n) is 11.2.